The number of fused-ring (bicyclic) bond motifs is 1. The van der Waals surface area contributed by atoms with Crippen LogP contribution in [0.1, 0.15) is 22.5 Å². The van der Waals surface area contributed by atoms with Crippen molar-refractivity contribution < 1.29 is 4.79 Å². The van der Waals surface area contributed by atoms with Gasteiger partial charge in [0.2, 0.25) is 0 Å². The normalized spacial score (nSPS) is 15.5. The minimum atomic E-state index is -0.270. The van der Waals surface area contributed by atoms with E-state index in [9.17, 15) is 4.79 Å². The van der Waals surface area contributed by atoms with E-state index in [1.54, 1.807) is 18.3 Å². The van der Waals surface area contributed by atoms with Gasteiger partial charge in [0, 0.05) is 37.1 Å². The number of hydrogen-bond donors (Lipinski definition) is 3. The van der Waals surface area contributed by atoms with Crippen molar-refractivity contribution in [1.82, 2.24) is 25.1 Å². The summed E-state index contributed by atoms with van der Waals surface area (Å²) in [6.45, 7) is 1.96. The van der Waals surface area contributed by atoms with Crippen LogP contribution in [0.25, 0.3) is 16.6 Å². The van der Waals surface area contributed by atoms with Gasteiger partial charge >= 0.3 is 0 Å². The molecule has 0 aliphatic carbocycles. The summed E-state index contributed by atoms with van der Waals surface area (Å²) in [4.78, 5) is 22.4. The number of aromatic nitrogens is 4. The van der Waals surface area contributed by atoms with Gasteiger partial charge < -0.3 is 15.2 Å². The molecule has 24 heavy (non-hydrogen) atoms. The van der Waals surface area contributed by atoms with Crippen molar-refractivity contribution in [3.05, 3.63) is 47.9 Å². The molecule has 0 saturated heterocycles. The van der Waals surface area contributed by atoms with Crippen LogP contribution >= 0.6 is 0 Å². The number of likely N-dealkylation sites (N-methyl/N-ethyl adjacent to an activating group) is 1. The van der Waals surface area contributed by atoms with Crippen molar-refractivity contribution in [3.63, 3.8) is 0 Å². The maximum Gasteiger partial charge on any atom is 0.275 e. The summed E-state index contributed by atoms with van der Waals surface area (Å²) in [5.41, 5.74) is 4.49. The molecule has 1 aliphatic rings. The van der Waals surface area contributed by atoms with Crippen molar-refractivity contribution in [2.24, 2.45) is 0 Å². The summed E-state index contributed by atoms with van der Waals surface area (Å²) in [6, 6.07) is 5.30. The van der Waals surface area contributed by atoms with Crippen LogP contribution in [0.3, 0.4) is 0 Å². The van der Waals surface area contributed by atoms with E-state index in [-0.39, 0.29) is 5.91 Å². The van der Waals surface area contributed by atoms with Crippen LogP contribution in [0.2, 0.25) is 0 Å². The number of pyridine rings is 1. The van der Waals surface area contributed by atoms with Crippen LogP contribution in [0, 0.1) is 0 Å². The zero-order valence-electron chi connectivity index (χ0n) is 13.3. The van der Waals surface area contributed by atoms with E-state index < -0.39 is 0 Å². The van der Waals surface area contributed by atoms with Gasteiger partial charge in [0.05, 0.1) is 11.0 Å². The summed E-state index contributed by atoms with van der Waals surface area (Å²) >= 11 is 0. The fourth-order valence-corrected chi connectivity index (χ4v) is 2.90. The molecular formula is C17H18N6O. The molecule has 0 spiro atoms. The van der Waals surface area contributed by atoms with E-state index in [4.69, 9.17) is 0 Å². The summed E-state index contributed by atoms with van der Waals surface area (Å²) in [6.07, 6.45) is 6.84. The van der Waals surface area contributed by atoms with E-state index in [0.29, 0.717) is 11.5 Å². The number of hydrogen-bond acceptors (Lipinski definition) is 4. The number of nitrogens with one attached hydrogen (secondary N) is 3. The first kappa shape index (κ1) is 14.6. The van der Waals surface area contributed by atoms with E-state index >= 15 is 0 Å². The van der Waals surface area contributed by atoms with Crippen molar-refractivity contribution >= 4 is 28.3 Å². The Morgan fingerprint density at radius 2 is 2.25 bits per heavy atom. The number of carbonyl (C=O) groups excluding carboxylic acids is 1. The molecule has 122 valence electrons. The Balaban J connectivity index is 1.67. The fraction of sp³-hybridized carbons (Fsp3) is 0.235. The number of aromatic amines is 2. The highest BCUT2D eigenvalue weighted by Crippen LogP contribution is 2.28. The van der Waals surface area contributed by atoms with Gasteiger partial charge in [-0.25, -0.2) is 4.98 Å². The number of anilines is 1. The average Bonchev–Trinajstić information content (AvgIpc) is 3.24. The van der Waals surface area contributed by atoms with Crippen LogP contribution in [-0.4, -0.2) is 51.1 Å². The molecule has 0 aromatic carbocycles. The lowest BCUT2D eigenvalue weighted by molar-refractivity contribution is 0.102. The number of amides is 1. The third-order valence-corrected chi connectivity index (χ3v) is 4.26. The second-order valence-corrected chi connectivity index (χ2v) is 5.95. The third-order valence-electron chi connectivity index (χ3n) is 4.26. The van der Waals surface area contributed by atoms with Gasteiger partial charge in [-0.3, -0.25) is 9.89 Å². The zero-order valence-corrected chi connectivity index (χ0v) is 13.3. The first-order valence-corrected chi connectivity index (χ1v) is 7.88. The predicted molar refractivity (Wildman–Crippen MR) is 92.7 cm³/mol. The molecule has 0 saturated carbocycles. The highest BCUT2D eigenvalue weighted by atomic mass is 16.1. The maximum absolute atomic E-state index is 12.3. The third kappa shape index (κ3) is 2.69. The van der Waals surface area contributed by atoms with Crippen LogP contribution in [0.5, 0.6) is 0 Å². The molecule has 7 nitrogen and oxygen atoms in total. The summed E-state index contributed by atoms with van der Waals surface area (Å²) in [7, 11) is 2.11. The van der Waals surface area contributed by atoms with Crippen molar-refractivity contribution in [2.75, 3.05) is 25.5 Å². The molecule has 0 bridgehead atoms. The molecule has 4 rings (SSSR count). The molecule has 0 radical (unpaired) electrons. The predicted octanol–water partition coefficient (Wildman–Crippen LogP) is 2.26. The molecule has 7 heteroatoms. The topological polar surface area (TPSA) is 89.7 Å². The van der Waals surface area contributed by atoms with E-state index in [2.05, 4.69) is 43.5 Å². The Hall–Kier alpha value is -2.93. The summed E-state index contributed by atoms with van der Waals surface area (Å²) in [5.74, 6) is 0.211. The second-order valence-electron chi connectivity index (χ2n) is 5.95. The molecule has 0 atom stereocenters. The number of H-pyrrole nitrogens is 2. The molecule has 0 fully saturated rings. The zero-order chi connectivity index (χ0) is 16.5. The summed E-state index contributed by atoms with van der Waals surface area (Å²) in [5, 5.41) is 9.32. The molecule has 3 N–H and O–H groups in total. The maximum atomic E-state index is 12.3. The van der Waals surface area contributed by atoms with Gasteiger partial charge in [-0.05, 0) is 31.2 Å². The first-order valence-electron chi connectivity index (χ1n) is 7.88. The standard InChI is InChI=1S/C17H18N6O/c1-23-8-5-11(6-9-23)12-10-18-13-2-3-14(20-16(12)13)17(24)21-15-4-7-19-22-15/h2-5,7,10,18H,6,8-9H2,1H3,(H2,19,21,22,24). The van der Waals surface area contributed by atoms with Gasteiger partial charge in [-0.2, -0.15) is 5.10 Å². The smallest absolute Gasteiger partial charge is 0.275 e. The molecule has 0 unspecified atom stereocenters. The lowest BCUT2D eigenvalue weighted by atomic mass is 10.0. The lowest BCUT2D eigenvalue weighted by Gasteiger charge is -2.21. The second kappa shape index (κ2) is 5.93. The number of nitrogens with zero attached hydrogens (tertiary/aromatic N) is 3. The molecule has 1 aliphatic heterocycles. The van der Waals surface area contributed by atoms with Crippen molar-refractivity contribution in [1.29, 1.82) is 0 Å². The molecular weight excluding hydrogens is 304 g/mol. The fourth-order valence-electron chi connectivity index (χ4n) is 2.90. The van der Waals surface area contributed by atoms with Crippen LogP contribution < -0.4 is 5.32 Å². The minimum absolute atomic E-state index is 0.270. The Bertz CT molecular complexity index is 908. The van der Waals surface area contributed by atoms with E-state index in [1.807, 2.05) is 12.3 Å². The monoisotopic (exact) mass is 322 g/mol. The highest BCUT2D eigenvalue weighted by molar-refractivity contribution is 6.04. The van der Waals surface area contributed by atoms with Crippen molar-refractivity contribution in [2.45, 2.75) is 6.42 Å². The quantitative estimate of drug-likeness (QED) is 0.690. The average molecular weight is 322 g/mol. The van der Waals surface area contributed by atoms with Gasteiger partial charge in [0.25, 0.3) is 5.91 Å². The lowest BCUT2D eigenvalue weighted by Crippen LogP contribution is -2.23. The molecule has 4 heterocycles. The van der Waals surface area contributed by atoms with Gasteiger partial charge in [0.1, 0.15) is 5.69 Å². The van der Waals surface area contributed by atoms with Crippen LogP contribution in [0.15, 0.2) is 36.7 Å². The highest BCUT2D eigenvalue weighted by Gasteiger charge is 2.16. The van der Waals surface area contributed by atoms with Gasteiger partial charge in [-0.15, -0.1) is 0 Å². The molecule has 3 aromatic rings. The van der Waals surface area contributed by atoms with Crippen LogP contribution in [-0.2, 0) is 0 Å². The Kier molecular flexibility index (Phi) is 3.62. The van der Waals surface area contributed by atoms with Gasteiger partial charge in [0.15, 0.2) is 5.82 Å². The minimum Gasteiger partial charge on any atom is -0.359 e. The SMILES string of the molecule is CN1CC=C(c2c[nH]c3ccc(C(=O)Nc4cc[nH]n4)nc23)CC1. The molecule has 1 amide bonds. The Labute approximate surface area is 138 Å². The van der Waals surface area contributed by atoms with E-state index in [1.165, 1.54) is 5.57 Å². The Morgan fingerprint density at radius 3 is 3.00 bits per heavy atom. The van der Waals surface area contributed by atoms with Crippen molar-refractivity contribution in [3.8, 4) is 0 Å². The molecule has 3 aromatic heterocycles. The van der Waals surface area contributed by atoms with Crippen LogP contribution in [0.4, 0.5) is 5.82 Å². The number of rotatable bonds is 3. The van der Waals surface area contributed by atoms with Gasteiger partial charge in [-0.1, -0.05) is 6.08 Å². The Morgan fingerprint density at radius 1 is 1.33 bits per heavy atom. The largest absolute Gasteiger partial charge is 0.359 e. The van der Waals surface area contributed by atoms with E-state index in [0.717, 1.165) is 36.1 Å². The first-order chi connectivity index (χ1) is 11.7. The number of carbonyl (C=O) groups is 1. The summed E-state index contributed by atoms with van der Waals surface area (Å²) < 4.78 is 0.